The molecular weight excluding hydrogens is 284 g/mol. The van der Waals surface area contributed by atoms with Gasteiger partial charge < -0.3 is 5.11 Å². The van der Waals surface area contributed by atoms with Crippen molar-refractivity contribution in [2.45, 2.75) is 71.1 Å². The molecule has 1 N–H and O–H groups in total. The Morgan fingerprint density at radius 1 is 1.30 bits per heavy atom. The van der Waals surface area contributed by atoms with Crippen LogP contribution in [0, 0.1) is 5.92 Å². The lowest BCUT2D eigenvalue weighted by Crippen LogP contribution is -2.13. The lowest BCUT2D eigenvalue weighted by Gasteiger charge is -2.30. The highest BCUT2D eigenvalue weighted by Gasteiger charge is 2.24. The Morgan fingerprint density at radius 2 is 2.00 bits per heavy atom. The summed E-state index contributed by atoms with van der Waals surface area (Å²) in [6.07, 6.45) is 8.24. The van der Waals surface area contributed by atoms with Gasteiger partial charge in [0.25, 0.3) is 0 Å². The topological polar surface area (TPSA) is 37.3 Å². The van der Waals surface area contributed by atoms with Crippen molar-refractivity contribution in [3.05, 3.63) is 47.0 Å². The first kappa shape index (κ1) is 17.8. The zero-order valence-electron chi connectivity index (χ0n) is 14.7. The molecule has 2 nitrogen and oxygen atoms in total. The summed E-state index contributed by atoms with van der Waals surface area (Å²) in [5.41, 5.74) is 4.52. The van der Waals surface area contributed by atoms with E-state index >= 15 is 0 Å². The maximum absolute atomic E-state index is 10.7. The maximum Gasteiger partial charge on any atom is 0.303 e. The van der Waals surface area contributed by atoms with Crippen LogP contribution in [-0.4, -0.2) is 11.1 Å². The van der Waals surface area contributed by atoms with Crippen molar-refractivity contribution in [2.24, 2.45) is 5.92 Å². The second-order valence-electron chi connectivity index (χ2n) is 7.34. The molecule has 1 aliphatic carbocycles. The molecule has 0 bridgehead atoms. The van der Waals surface area contributed by atoms with E-state index in [1.165, 1.54) is 24.0 Å². The van der Waals surface area contributed by atoms with Crippen molar-refractivity contribution < 1.29 is 9.90 Å². The minimum Gasteiger partial charge on any atom is -0.481 e. The van der Waals surface area contributed by atoms with Crippen LogP contribution < -0.4 is 0 Å². The fraction of sp³-hybridized carbons (Fsp3) is 0.571. The molecule has 2 unspecified atom stereocenters. The molecule has 0 spiro atoms. The molecule has 0 radical (unpaired) electrons. The number of rotatable bonds is 7. The minimum atomic E-state index is -0.689. The van der Waals surface area contributed by atoms with E-state index in [1.807, 2.05) is 6.92 Å². The van der Waals surface area contributed by atoms with Crippen molar-refractivity contribution >= 4 is 5.97 Å². The fourth-order valence-corrected chi connectivity index (χ4v) is 3.79. The SMILES string of the molecule is C/C(=C/CCC(C)CC(=O)O)CC1CC[C@H](C)c2ccccc21. The van der Waals surface area contributed by atoms with Gasteiger partial charge in [0.1, 0.15) is 0 Å². The Bertz CT molecular complexity index is 559. The average molecular weight is 314 g/mol. The number of carbonyl (C=O) groups is 1. The highest BCUT2D eigenvalue weighted by molar-refractivity contribution is 5.66. The Hall–Kier alpha value is -1.57. The number of hydrogen-bond donors (Lipinski definition) is 1. The van der Waals surface area contributed by atoms with Crippen LogP contribution in [0.1, 0.15) is 82.3 Å². The second-order valence-corrected chi connectivity index (χ2v) is 7.34. The largest absolute Gasteiger partial charge is 0.481 e. The molecule has 0 amide bonds. The predicted octanol–water partition coefficient (Wildman–Crippen LogP) is 5.89. The fourth-order valence-electron chi connectivity index (χ4n) is 3.79. The lowest BCUT2D eigenvalue weighted by atomic mass is 9.75. The molecule has 2 rings (SSSR count). The van der Waals surface area contributed by atoms with Gasteiger partial charge in [-0.15, -0.1) is 0 Å². The summed E-state index contributed by atoms with van der Waals surface area (Å²) in [5, 5.41) is 8.81. The zero-order chi connectivity index (χ0) is 16.8. The minimum absolute atomic E-state index is 0.257. The highest BCUT2D eigenvalue weighted by Crippen LogP contribution is 2.41. The molecule has 1 aromatic rings. The molecule has 126 valence electrons. The summed E-state index contributed by atoms with van der Waals surface area (Å²) in [6, 6.07) is 8.91. The summed E-state index contributed by atoms with van der Waals surface area (Å²) in [5.74, 6) is 0.901. The molecule has 0 aromatic heterocycles. The number of carboxylic acids is 1. The van der Waals surface area contributed by atoms with E-state index in [4.69, 9.17) is 5.11 Å². The molecular formula is C21H30O2. The van der Waals surface area contributed by atoms with E-state index in [2.05, 4.69) is 44.2 Å². The Kier molecular flexibility index (Phi) is 6.44. The van der Waals surface area contributed by atoms with Gasteiger partial charge in [-0.05, 0) is 67.9 Å². The van der Waals surface area contributed by atoms with Crippen LogP contribution in [0.5, 0.6) is 0 Å². The first-order chi connectivity index (χ1) is 11.0. The number of fused-ring (bicyclic) bond motifs is 1. The number of allylic oxidation sites excluding steroid dienone is 2. The van der Waals surface area contributed by atoms with Crippen LogP contribution in [0.4, 0.5) is 0 Å². The van der Waals surface area contributed by atoms with Crippen LogP contribution in [0.15, 0.2) is 35.9 Å². The summed E-state index contributed by atoms with van der Waals surface area (Å²) >= 11 is 0. The molecule has 0 fully saturated rings. The molecule has 23 heavy (non-hydrogen) atoms. The third-order valence-electron chi connectivity index (χ3n) is 5.16. The summed E-state index contributed by atoms with van der Waals surface area (Å²) in [7, 11) is 0. The molecule has 0 saturated carbocycles. The van der Waals surface area contributed by atoms with E-state index in [0.717, 1.165) is 19.3 Å². The van der Waals surface area contributed by atoms with Crippen LogP contribution in [0.3, 0.4) is 0 Å². The van der Waals surface area contributed by atoms with Gasteiger partial charge in [0.2, 0.25) is 0 Å². The first-order valence-corrected chi connectivity index (χ1v) is 8.93. The molecule has 1 aliphatic rings. The van der Waals surface area contributed by atoms with Gasteiger partial charge in [-0.25, -0.2) is 0 Å². The molecule has 2 heteroatoms. The summed E-state index contributed by atoms with van der Waals surface area (Å²) < 4.78 is 0. The third-order valence-corrected chi connectivity index (χ3v) is 5.16. The van der Waals surface area contributed by atoms with Crippen molar-refractivity contribution in [3.8, 4) is 0 Å². The van der Waals surface area contributed by atoms with Gasteiger partial charge in [-0.1, -0.05) is 49.8 Å². The van der Waals surface area contributed by atoms with Gasteiger partial charge in [0.15, 0.2) is 0 Å². The van der Waals surface area contributed by atoms with Gasteiger partial charge in [-0.3, -0.25) is 4.79 Å². The van der Waals surface area contributed by atoms with E-state index in [-0.39, 0.29) is 12.3 Å². The van der Waals surface area contributed by atoms with Crippen LogP contribution in [-0.2, 0) is 4.79 Å². The van der Waals surface area contributed by atoms with Gasteiger partial charge >= 0.3 is 5.97 Å². The Morgan fingerprint density at radius 3 is 2.70 bits per heavy atom. The van der Waals surface area contributed by atoms with Gasteiger partial charge in [0, 0.05) is 6.42 Å². The van der Waals surface area contributed by atoms with E-state index in [9.17, 15) is 4.79 Å². The first-order valence-electron chi connectivity index (χ1n) is 8.93. The predicted molar refractivity (Wildman–Crippen MR) is 95.9 cm³/mol. The zero-order valence-corrected chi connectivity index (χ0v) is 14.7. The quantitative estimate of drug-likeness (QED) is 0.637. The van der Waals surface area contributed by atoms with E-state index in [0.29, 0.717) is 11.8 Å². The maximum atomic E-state index is 10.7. The second kappa shape index (κ2) is 8.33. The summed E-state index contributed by atoms with van der Waals surface area (Å²) in [4.78, 5) is 10.7. The number of carboxylic acid groups (broad SMARTS) is 1. The molecule has 0 saturated heterocycles. The average Bonchev–Trinajstić information content (AvgIpc) is 2.49. The van der Waals surface area contributed by atoms with Crippen molar-refractivity contribution in [1.29, 1.82) is 0 Å². The smallest absolute Gasteiger partial charge is 0.303 e. The molecule has 1 aromatic carbocycles. The van der Waals surface area contributed by atoms with E-state index in [1.54, 1.807) is 5.56 Å². The van der Waals surface area contributed by atoms with Crippen LogP contribution >= 0.6 is 0 Å². The number of benzene rings is 1. The van der Waals surface area contributed by atoms with Gasteiger partial charge in [0.05, 0.1) is 0 Å². The molecule has 0 aliphatic heterocycles. The third kappa shape index (κ3) is 5.23. The Labute approximate surface area is 140 Å². The highest BCUT2D eigenvalue weighted by atomic mass is 16.4. The monoisotopic (exact) mass is 314 g/mol. The van der Waals surface area contributed by atoms with E-state index < -0.39 is 5.97 Å². The lowest BCUT2D eigenvalue weighted by molar-refractivity contribution is -0.138. The van der Waals surface area contributed by atoms with Crippen molar-refractivity contribution in [2.75, 3.05) is 0 Å². The van der Waals surface area contributed by atoms with Crippen LogP contribution in [0.25, 0.3) is 0 Å². The summed E-state index contributed by atoms with van der Waals surface area (Å²) in [6.45, 7) is 6.58. The number of aliphatic carboxylic acids is 1. The van der Waals surface area contributed by atoms with Crippen LogP contribution in [0.2, 0.25) is 0 Å². The Balaban J connectivity index is 1.90. The van der Waals surface area contributed by atoms with Crippen molar-refractivity contribution in [3.63, 3.8) is 0 Å². The normalized spacial score (nSPS) is 22.5. The van der Waals surface area contributed by atoms with Gasteiger partial charge in [-0.2, -0.15) is 0 Å². The standard InChI is InChI=1S/C21H30O2/c1-15(7-6-8-16(2)14-21(22)23)13-18-12-11-17(3)19-9-4-5-10-20(18)19/h4-5,7,9-10,16-18H,6,8,11-14H2,1-3H3,(H,22,23)/b15-7-/t16?,17-,18?/m0/s1. The molecule has 0 heterocycles. The number of hydrogen-bond acceptors (Lipinski definition) is 1. The van der Waals surface area contributed by atoms with Crippen molar-refractivity contribution in [1.82, 2.24) is 0 Å². The molecule has 3 atom stereocenters.